The first kappa shape index (κ1) is 23.5. The third-order valence-corrected chi connectivity index (χ3v) is 5.98. The molecular formula is C17H28N3O8P. The van der Waals surface area contributed by atoms with Gasteiger partial charge in [0.1, 0.15) is 12.3 Å². The number of nitrogens with one attached hydrogen (secondary N) is 2. The van der Waals surface area contributed by atoms with Gasteiger partial charge >= 0.3 is 19.4 Å². The van der Waals surface area contributed by atoms with Crippen LogP contribution in [0.15, 0.2) is 21.9 Å². The van der Waals surface area contributed by atoms with Crippen molar-refractivity contribution in [3.05, 3.63) is 33.1 Å². The maximum atomic E-state index is 12.8. The maximum absolute atomic E-state index is 12.8. The standard InChI is InChI=1S/C17H28N3O8P/c1-10(2)27-16(22)12(4)19-29(24,25-5)26-9-13-8-11(3)15(28-13)20-7-6-14(21)18-17(20)23/h6-7,10-13,15H,8-9H2,1-5H3,(H,19,24)(H,18,21,23)/t11-,12+,13-,15+,29?/m0/s1. The number of nitrogens with zero attached hydrogens (tertiary/aromatic N) is 1. The van der Waals surface area contributed by atoms with E-state index in [0.29, 0.717) is 6.42 Å². The van der Waals surface area contributed by atoms with E-state index in [4.69, 9.17) is 18.5 Å². The van der Waals surface area contributed by atoms with E-state index >= 15 is 0 Å². The van der Waals surface area contributed by atoms with Gasteiger partial charge < -0.3 is 14.0 Å². The summed E-state index contributed by atoms with van der Waals surface area (Å²) < 4.78 is 35.3. The molecular weight excluding hydrogens is 405 g/mol. The van der Waals surface area contributed by atoms with Gasteiger partial charge in [-0.25, -0.2) is 14.4 Å². The summed E-state index contributed by atoms with van der Waals surface area (Å²) in [6.45, 7) is 6.72. The number of carbonyl (C=O) groups excluding carboxylic acids is 1. The Morgan fingerprint density at radius 2 is 2.10 bits per heavy atom. The highest BCUT2D eigenvalue weighted by Gasteiger charge is 2.37. The molecule has 1 unspecified atom stereocenters. The van der Waals surface area contributed by atoms with Crippen molar-refractivity contribution in [3.8, 4) is 0 Å². The van der Waals surface area contributed by atoms with Crippen LogP contribution in [0.3, 0.4) is 0 Å². The van der Waals surface area contributed by atoms with Crippen molar-refractivity contribution in [1.29, 1.82) is 0 Å². The molecule has 0 amide bonds. The summed E-state index contributed by atoms with van der Waals surface area (Å²) in [5.74, 6) is -0.633. The van der Waals surface area contributed by atoms with Gasteiger partial charge in [0.25, 0.3) is 5.56 Å². The number of rotatable bonds is 9. The van der Waals surface area contributed by atoms with Crippen LogP contribution in [0, 0.1) is 5.92 Å². The average Bonchev–Trinajstić information content (AvgIpc) is 3.00. The molecule has 29 heavy (non-hydrogen) atoms. The van der Waals surface area contributed by atoms with Gasteiger partial charge in [-0.15, -0.1) is 0 Å². The summed E-state index contributed by atoms with van der Waals surface area (Å²) in [6, 6.07) is 0.334. The minimum Gasteiger partial charge on any atom is -0.462 e. The Morgan fingerprint density at radius 1 is 1.41 bits per heavy atom. The first-order chi connectivity index (χ1) is 13.5. The van der Waals surface area contributed by atoms with Gasteiger partial charge in [0.2, 0.25) is 0 Å². The molecule has 0 aliphatic carbocycles. The Hall–Kier alpha value is -1.78. The van der Waals surface area contributed by atoms with Crippen molar-refractivity contribution in [3.63, 3.8) is 0 Å². The summed E-state index contributed by atoms with van der Waals surface area (Å²) in [7, 11) is -2.58. The number of aromatic nitrogens is 2. The second-order valence-electron chi connectivity index (χ2n) is 7.19. The van der Waals surface area contributed by atoms with Gasteiger partial charge in [0.15, 0.2) is 0 Å². The molecule has 0 saturated carbocycles. The second kappa shape index (κ2) is 9.82. The summed E-state index contributed by atoms with van der Waals surface area (Å²) in [5, 5.41) is 2.53. The van der Waals surface area contributed by atoms with Gasteiger partial charge in [-0.3, -0.25) is 23.7 Å². The SMILES string of the molecule is COP(=O)(N[C@H](C)C(=O)OC(C)C)OC[C@@H]1C[C@H](C)[C@H](n2ccc(=O)[nH]c2=O)O1. The lowest BCUT2D eigenvalue weighted by Gasteiger charge is -2.23. The van der Waals surface area contributed by atoms with E-state index in [1.54, 1.807) is 13.8 Å². The molecule has 0 bridgehead atoms. The third kappa shape index (κ3) is 6.35. The van der Waals surface area contributed by atoms with Gasteiger partial charge in [-0.2, -0.15) is 0 Å². The molecule has 1 aromatic heterocycles. The van der Waals surface area contributed by atoms with Gasteiger partial charge in [-0.1, -0.05) is 6.92 Å². The first-order valence-corrected chi connectivity index (χ1v) is 10.8. The van der Waals surface area contributed by atoms with Crippen molar-refractivity contribution >= 4 is 13.7 Å². The molecule has 2 N–H and O–H groups in total. The fourth-order valence-electron chi connectivity index (χ4n) is 2.94. The fraction of sp³-hybridized carbons (Fsp3) is 0.706. The molecule has 0 spiro atoms. The monoisotopic (exact) mass is 433 g/mol. The predicted molar refractivity (Wildman–Crippen MR) is 103 cm³/mol. The Bertz CT molecular complexity index is 867. The third-order valence-electron chi connectivity index (χ3n) is 4.31. The number of hydrogen-bond donors (Lipinski definition) is 2. The van der Waals surface area contributed by atoms with E-state index in [0.717, 1.165) is 0 Å². The summed E-state index contributed by atoms with van der Waals surface area (Å²) in [6.07, 6.45) is 0.538. The van der Waals surface area contributed by atoms with Crippen molar-refractivity contribution < 1.29 is 27.9 Å². The lowest BCUT2D eigenvalue weighted by molar-refractivity contribution is -0.149. The van der Waals surface area contributed by atoms with Crippen molar-refractivity contribution in [2.24, 2.45) is 5.92 Å². The molecule has 12 heteroatoms. The molecule has 1 fully saturated rings. The molecule has 164 valence electrons. The highest BCUT2D eigenvalue weighted by atomic mass is 31.2. The Balaban J connectivity index is 1.97. The van der Waals surface area contributed by atoms with Crippen LogP contribution in [0.1, 0.15) is 40.3 Å². The molecule has 0 aromatic carbocycles. The van der Waals surface area contributed by atoms with Crippen LogP contribution in [-0.2, 0) is 27.9 Å². The van der Waals surface area contributed by atoms with Crippen molar-refractivity contribution in [1.82, 2.24) is 14.6 Å². The number of hydrogen-bond acceptors (Lipinski definition) is 8. The number of aromatic amines is 1. The molecule has 1 aliphatic heterocycles. The van der Waals surface area contributed by atoms with E-state index in [2.05, 4.69) is 10.1 Å². The quantitative estimate of drug-likeness (QED) is 0.434. The molecule has 2 heterocycles. The number of ether oxygens (including phenoxy) is 2. The smallest absolute Gasteiger partial charge is 0.406 e. The van der Waals surface area contributed by atoms with Crippen LogP contribution >= 0.6 is 7.75 Å². The zero-order valence-corrected chi connectivity index (χ0v) is 18.0. The first-order valence-electron chi connectivity index (χ1n) is 9.30. The molecule has 1 aromatic rings. The van der Waals surface area contributed by atoms with Crippen LogP contribution in [0.5, 0.6) is 0 Å². The number of esters is 1. The van der Waals surface area contributed by atoms with E-state index in [9.17, 15) is 18.9 Å². The molecule has 1 aliphatic rings. The van der Waals surface area contributed by atoms with Crippen LogP contribution in [0.25, 0.3) is 0 Å². The zero-order chi connectivity index (χ0) is 21.8. The van der Waals surface area contributed by atoms with E-state index < -0.39 is 43.3 Å². The molecule has 2 rings (SSSR count). The largest absolute Gasteiger partial charge is 0.462 e. The minimum absolute atomic E-state index is 0.0537. The fourth-order valence-corrected chi connectivity index (χ4v) is 4.17. The highest BCUT2D eigenvalue weighted by Crippen LogP contribution is 2.45. The van der Waals surface area contributed by atoms with Crippen molar-refractivity contribution in [2.75, 3.05) is 13.7 Å². The van der Waals surface area contributed by atoms with Crippen molar-refractivity contribution in [2.45, 2.75) is 58.6 Å². The minimum atomic E-state index is -3.78. The number of carbonyl (C=O) groups is 1. The summed E-state index contributed by atoms with van der Waals surface area (Å²) in [4.78, 5) is 37.3. The van der Waals surface area contributed by atoms with Crippen LogP contribution < -0.4 is 16.3 Å². The van der Waals surface area contributed by atoms with Crippen LogP contribution in [-0.4, -0.2) is 47.5 Å². The highest BCUT2D eigenvalue weighted by molar-refractivity contribution is 7.51. The average molecular weight is 433 g/mol. The van der Waals surface area contributed by atoms with Gasteiger partial charge in [0.05, 0.1) is 18.8 Å². The zero-order valence-electron chi connectivity index (χ0n) is 17.1. The lowest BCUT2D eigenvalue weighted by Crippen LogP contribution is -2.36. The van der Waals surface area contributed by atoms with E-state index in [1.165, 1.54) is 30.9 Å². The summed E-state index contributed by atoms with van der Waals surface area (Å²) >= 11 is 0. The summed E-state index contributed by atoms with van der Waals surface area (Å²) in [5.41, 5.74) is -1.06. The Labute approximate surface area is 168 Å². The normalized spacial score (nSPS) is 25.0. The second-order valence-corrected chi connectivity index (χ2v) is 9.07. The molecule has 1 saturated heterocycles. The Morgan fingerprint density at radius 3 is 2.69 bits per heavy atom. The maximum Gasteiger partial charge on any atom is 0.406 e. The lowest BCUT2D eigenvalue weighted by atomic mass is 10.1. The molecule has 11 nitrogen and oxygen atoms in total. The number of H-pyrrole nitrogens is 1. The predicted octanol–water partition coefficient (Wildman–Crippen LogP) is 1.16. The van der Waals surface area contributed by atoms with Crippen LogP contribution in [0.4, 0.5) is 0 Å². The van der Waals surface area contributed by atoms with Gasteiger partial charge in [0, 0.05) is 25.3 Å². The Kier molecular flexibility index (Phi) is 7.95. The van der Waals surface area contributed by atoms with E-state index in [-0.39, 0.29) is 18.6 Å². The van der Waals surface area contributed by atoms with Gasteiger partial charge in [-0.05, 0) is 27.2 Å². The van der Waals surface area contributed by atoms with Crippen LogP contribution in [0.2, 0.25) is 0 Å². The van der Waals surface area contributed by atoms with E-state index in [1.807, 2.05) is 6.92 Å². The molecule has 5 atom stereocenters. The topological polar surface area (TPSA) is 138 Å². The molecule has 0 radical (unpaired) electrons.